The van der Waals surface area contributed by atoms with Gasteiger partial charge in [-0.15, -0.1) is 0 Å². The largest absolute Gasteiger partial charge is 0.756 e. The number of amides is 1. The Kier molecular flexibility index (Phi) is 39.7. The van der Waals surface area contributed by atoms with E-state index in [0.29, 0.717) is 23.9 Å². The van der Waals surface area contributed by atoms with Gasteiger partial charge < -0.3 is 28.8 Å². The smallest absolute Gasteiger partial charge is 0.268 e. The normalized spacial score (nSPS) is 14.4. The van der Waals surface area contributed by atoms with E-state index in [-0.39, 0.29) is 19.1 Å². The number of likely N-dealkylation sites (N-methyl/N-ethyl adjacent to an activating group) is 1. The lowest BCUT2D eigenvalue weighted by molar-refractivity contribution is -0.870. The summed E-state index contributed by atoms with van der Waals surface area (Å²) in [7, 11) is 1.30. The summed E-state index contributed by atoms with van der Waals surface area (Å²) >= 11 is 0. The second-order valence-corrected chi connectivity index (χ2v) is 19.2. The average molecular weight is 827 g/mol. The third-order valence-corrected chi connectivity index (χ3v) is 11.9. The number of phosphoric acid groups is 1. The van der Waals surface area contributed by atoms with Crippen LogP contribution in [0.15, 0.2) is 24.3 Å². The number of nitrogens with zero attached hydrogens (tertiary/aromatic N) is 1. The van der Waals surface area contributed by atoms with E-state index < -0.39 is 20.0 Å². The minimum absolute atomic E-state index is 0.00993. The Balaban J connectivity index is 4.24. The molecule has 0 heterocycles. The van der Waals surface area contributed by atoms with E-state index in [4.69, 9.17) is 9.05 Å². The Labute approximate surface area is 354 Å². The molecule has 338 valence electrons. The van der Waals surface area contributed by atoms with Crippen LogP contribution < -0.4 is 10.2 Å². The van der Waals surface area contributed by atoms with Crippen molar-refractivity contribution in [3.8, 4) is 0 Å². The SMILES string of the molecule is CCC/C=C\C/C=C\CCCCCCCC(=O)NC(COP(=O)([O-])OCC[N+](C)(C)C)C(O)CCCCCCCCCCCCCCCCCCCCCCCC. The molecule has 0 aromatic rings. The van der Waals surface area contributed by atoms with E-state index in [0.717, 1.165) is 70.6 Å². The molecule has 57 heavy (non-hydrogen) atoms. The molecular weight excluding hydrogens is 732 g/mol. The molecule has 0 aromatic carbocycles. The van der Waals surface area contributed by atoms with Crippen LogP contribution in [0.3, 0.4) is 0 Å². The van der Waals surface area contributed by atoms with E-state index in [1.165, 1.54) is 128 Å². The van der Waals surface area contributed by atoms with Gasteiger partial charge in [-0.2, -0.15) is 0 Å². The average Bonchev–Trinajstić information content (AvgIpc) is 3.16. The van der Waals surface area contributed by atoms with Gasteiger partial charge in [0.05, 0.1) is 39.9 Å². The van der Waals surface area contributed by atoms with Crippen molar-refractivity contribution in [3.63, 3.8) is 0 Å². The molecule has 1 amide bonds. The van der Waals surface area contributed by atoms with Crippen molar-refractivity contribution in [2.24, 2.45) is 0 Å². The number of rotatable bonds is 44. The van der Waals surface area contributed by atoms with Gasteiger partial charge in [-0.1, -0.05) is 205 Å². The molecule has 3 unspecified atom stereocenters. The summed E-state index contributed by atoms with van der Waals surface area (Å²) in [6.45, 7) is 4.66. The van der Waals surface area contributed by atoms with Gasteiger partial charge in [0.25, 0.3) is 7.82 Å². The fraction of sp³-hybridized carbons (Fsp3) is 0.896. The molecule has 0 spiro atoms. The molecule has 3 atom stereocenters. The van der Waals surface area contributed by atoms with Gasteiger partial charge in [-0.25, -0.2) is 0 Å². The van der Waals surface area contributed by atoms with Crippen LogP contribution in [0.5, 0.6) is 0 Å². The molecule has 0 saturated heterocycles. The minimum Gasteiger partial charge on any atom is -0.756 e. The lowest BCUT2D eigenvalue weighted by atomic mass is 10.0. The molecular formula is C48H95N2O6P. The monoisotopic (exact) mass is 827 g/mol. The van der Waals surface area contributed by atoms with Crippen molar-refractivity contribution in [2.45, 2.75) is 238 Å². The van der Waals surface area contributed by atoms with Crippen molar-refractivity contribution in [2.75, 3.05) is 40.9 Å². The first kappa shape index (κ1) is 56.0. The molecule has 0 saturated carbocycles. The topological polar surface area (TPSA) is 108 Å². The Morgan fingerprint density at radius 2 is 1.05 bits per heavy atom. The molecule has 0 rings (SSSR count). The van der Waals surface area contributed by atoms with E-state index in [1.54, 1.807) is 0 Å². The highest BCUT2D eigenvalue weighted by Gasteiger charge is 2.24. The van der Waals surface area contributed by atoms with Crippen molar-refractivity contribution in [1.82, 2.24) is 5.32 Å². The molecule has 0 aliphatic rings. The summed E-state index contributed by atoms with van der Waals surface area (Å²) in [5, 5.41) is 13.9. The number of hydrogen-bond donors (Lipinski definition) is 2. The lowest BCUT2D eigenvalue weighted by Gasteiger charge is -2.30. The first-order chi connectivity index (χ1) is 27.5. The van der Waals surface area contributed by atoms with Crippen LogP contribution in [-0.4, -0.2) is 68.5 Å². The first-order valence-electron chi connectivity index (χ1n) is 24.2. The first-order valence-corrected chi connectivity index (χ1v) is 25.6. The van der Waals surface area contributed by atoms with E-state index in [1.807, 2.05) is 21.1 Å². The van der Waals surface area contributed by atoms with Crippen LogP contribution in [0, 0.1) is 0 Å². The number of phosphoric ester groups is 1. The summed E-state index contributed by atoms with van der Waals surface area (Å²) in [5.74, 6) is -0.178. The number of quaternary nitrogens is 1. The fourth-order valence-electron chi connectivity index (χ4n) is 7.08. The van der Waals surface area contributed by atoms with E-state index in [9.17, 15) is 19.4 Å². The summed E-state index contributed by atoms with van der Waals surface area (Å²) in [6.07, 6.45) is 47.6. The molecule has 0 radical (unpaired) electrons. The summed E-state index contributed by atoms with van der Waals surface area (Å²) in [5.41, 5.74) is 0. The highest BCUT2D eigenvalue weighted by Crippen LogP contribution is 2.38. The van der Waals surface area contributed by atoms with Gasteiger partial charge in [-0.05, 0) is 38.5 Å². The maximum atomic E-state index is 12.9. The number of carbonyl (C=O) groups is 1. The molecule has 8 nitrogen and oxygen atoms in total. The van der Waals surface area contributed by atoms with Gasteiger partial charge in [0.2, 0.25) is 5.91 Å². The van der Waals surface area contributed by atoms with Crippen LogP contribution in [-0.2, 0) is 18.4 Å². The molecule has 9 heteroatoms. The number of allylic oxidation sites excluding steroid dienone is 4. The summed E-state index contributed by atoms with van der Waals surface area (Å²) in [4.78, 5) is 25.3. The second kappa shape index (κ2) is 40.4. The highest BCUT2D eigenvalue weighted by atomic mass is 31.2. The van der Waals surface area contributed by atoms with Gasteiger partial charge in [0.1, 0.15) is 13.2 Å². The zero-order valence-electron chi connectivity index (χ0n) is 38.3. The number of nitrogens with one attached hydrogen (secondary N) is 1. The fourth-order valence-corrected chi connectivity index (χ4v) is 7.80. The number of carbonyl (C=O) groups excluding carboxylic acids is 1. The summed E-state index contributed by atoms with van der Waals surface area (Å²) < 4.78 is 23.3. The van der Waals surface area contributed by atoms with Crippen LogP contribution in [0.25, 0.3) is 0 Å². The van der Waals surface area contributed by atoms with Crippen molar-refractivity contribution in [1.29, 1.82) is 0 Å². The van der Waals surface area contributed by atoms with E-state index >= 15 is 0 Å². The van der Waals surface area contributed by atoms with Crippen molar-refractivity contribution >= 4 is 13.7 Å². The standard InChI is InChI=1S/C48H95N2O6P/c1-6-8-10-12-14-16-18-20-21-22-23-24-25-26-27-28-30-31-33-35-37-39-41-47(51)46(45-56-57(53,54)55-44-43-50(3,4)5)49-48(52)42-40-38-36-34-32-29-19-17-15-13-11-9-7-2/h11,13,17,19,46-47,51H,6-10,12,14-16,18,20-45H2,1-5H3,(H-,49,52,53,54)/b13-11-,19-17-. The molecule has 0 aromatic heterocycles. The zero-order chi connectivity index (χ0) is 42.1. The van der Waals surface area contributed by atoms with Crippen molar-refractivity contribution in [3.05, 3.63) is 24.3 Å². The maximum absolute atomic E-state index is 12.9. The molecule has 0 fully saturated rings. The maximum Gasteiger partial charge on any atom is 0.268 e. The van der Waals surface area contributed by atoms with Crippen LogP contribution in [0.2, 0.25) is 0 Å². The van der Waals surface area contributed by atoms with Gasteiger partial charge in [0.15, 0.2) is 0 Å². The molecule has 0 bridgehead atoms. The van der Waals surface area contributed by atoms with Crippen LogP contribution in [0.4, 0.5) is 0 Å². The van der Waals surface area contributed by atoms with E-state index in [2.05, 4.69) is 43.5 Å². The third kappa shape index (κ3) is 42.9. The molecule has 0 aliphatic heterocycles. The Hall–Kier alpha value is -1.02. The van der Waals surface area contributed by atoms with Gasteiger partial charge >= 0.3 is 0 Å². The minimum atomic E-state index is -4.57. The number of aliphatic hydroxyl groups is 1. The lowest BCUT2D eigenvalue weighted by Crippen LogP contribution is -2.46. The third-order valence-electron chi connectivity index (χ3n) is 10.9. The highest BCUT2D eigenvalue weighted by molar-refractivity contribution is 7.45. The molecule has 2 N–H and O–H groups in total. The Morgan fingerprint density at radius 3 is 1.53 bits per heavy atom. The summed E-state index contributed by atoms with van der Waals surface area (Å²) in [6, 6.07) is -0.805. The number of unbranched alkanes of at least 4 members (excludes halogenated alkanes) is 27. The zero-order valence-corrected chi connectivity index (χ0v) is 39.2. The quantitative estimate of drug-likeness (QED) is 0.0274. The van der Waals surface area contributed by atoms with Gasteiger partial charge in [-0.3, -0.25) is 9.36 Å². The van der Waals surface area contributed by atoms with Gasteiger partial charge in [0, 0.05) is 6.42 Å². The number of hydrogen-bond acceptors (Lipinski definition) is 6. The predicted octanol–water partition coefficient (Wildman–Crippen LogP) is 13.1. The van der Waals surface area contributed by atoms with Crippen molar-refractivity contribution < 1.29 is 32.9 Å². The Morgan fingerprint density at radius 1 is 0.614 bits per heavy atom. The van der Waals surface area contributed by atoms with Crippen LogP contribution >= 0.6 is 7.82 Å². The second-order valence-electron chi connectivity index (χ2n) is 17.8. The van der Waals surface area contributed by atoms with Crippen LogP contribution in [0.1, 0.15) is 226 Å². The predicted molar refractivity (Wildman–Crippen MR) is 242 cm³/mol. The molecule has 0 aliphatic carbocycles. The Bertz CT molecular complexity index is 984. The number of aliphatic hydroxyl groups excluding tert-OH is 1.